The van der Waals surface area contributed by atoms with E-state index in [4.69, 9.17) is 10.8 Å². The number of hydrogen-bond acceptors (Lipinski definition) is 5. The van der Waals surface area contributed by atoms with E-state index in [9.17, 15) is 5.26 Å². The summed E-state index contributed by atoms with van der Waals surface area (Å²) < 4.78 is 4.25. The molecule has 0 radical (unpaired) electrons. The predicted octanol–water partition coefficient (Wildman–Crippen LogP) is 6.22. The smallest absolute Gasteiger partial charge is 0.166 e. The number of rotatable bonds is 2. The Labute approximate surface area is 188 Å². The average Bonchev–Trinajstić information content (AvgIpc) is 3.35. The molecular formula is C26H17N5S. The fraction of sp³-hybridized carbons (Fsp3) is 0.0385. The maximum Gasteiger partial charge on any atom is 0.166 e. The van der Waals surface area contributed by atoms with Crippen molar-refractivity contribution >= 4 is 48.4 Å². The fourth-order valence-corrected chi connectivity index (χ4v) is 5.45. The molecule has 0 bridgehead atoms. The summed E-state index contributed by atoms with van der Waals surface area (Å²) in [4.78, 5) is 4.59. The number of anilines is 1. The van der Waals surface area contributed by atoms with Crippen LogP contribution in [0.15, 0.2) is 72.8 Å². The van der Waals surface area contributed by atoms with E-state index < -0.39 is 0 Å². The molecule has 6 aromatic rings. The maximum atomic E-state index is 9.98. The molecule has 5 nitrogen and oxygen atoms in total. The van der Waals surface area contributed by atoms with Gasteiger partial charge < -0.3 is 5.73 Å². The first kappa shape index (κ1) is 18.6. The monoisotopic (exact) mass is 431 g/mol. The van der Waals surface area contributed by atoms with Crippen LogP contribution in [0.4, 0.5) is 5.82 Å². The van der Waals surface area contributed by atoms with E-state index in [0.717, 1.165) is 27.9 Å². The van der Waals surface area contributed by atoms with E-state index in [1.165, 1.54) is 20.2 Å². The number of fused-ring (bicyclic) bond motifs is 4. The molecule has 0 unspecified atom stereocenters. The molecule has 152 valence electrons. The average molecular weight is 432 g/mol. The molecule has 32 heavy (non-hydrogen) atoms. The number of nitriles is 1. The van der Waals surface area contributed by atoms with E-state index in [2.05, 4.69) is 53.5 Å². The van der Waals surface area contributed by atoms with Gasteiger partial charge in [-0.15, -0.1) is 11.3 Å². The highest BCUT2D eigenvalue weighted by atomic mass is 32.1. The number of pyridine rings is 1. The van der Waals surface area contributed by atoms with Gasteiger partial charge in [0.25, 0.3) is 0 Å². The molecule has 3 aromatic heterocycles. The highest BCUT2D eigenvalue weighted by Crippen LogP contribution is 2.40. The first-order valence-electron chi connectivity index (χ1n) is 10.2. The minimum Gasteiger partial charge on any atom is -0.383 e. The lowest BCUT2D eigenvalue weighted by molar-refractivity contribution is 0.878. The van der Waals surface area contributed by atoms with Gasteiger partial charge in [0.1, 0.15) is 17.5 Å². The third-order valence-corrected chi connectivity index (χ3v) is 6.95. The summed E-state index contributed by atoms with van der Waals surface area (Å²) in [6.07, 6.45) is 0. The number of nitrogens with zero attached hydrogens (tertiary/aromatic N) is 4. The first-order valence-corrected chi connectivity index (χ1v) is 11.0. The van der Waals surface area contributed by atoms with Crippen molar-refractivity contribution in [3.8, 4) is 22.9 Å². The number of aromatic nitrogens is 3. The molecule has 0 amide bonds. The van der Waals surface area contributed by atoms with Crippen LogP contribution >= 0.6 is 11.3 Å². The van der Waals surface area contributed by atoms with Crippen LogP contribution in [-0.4, -0.2) is 14.8 Å². The third-order valence-electron chi connectivity index (χ3n) is 5.80. The normalized spacial score (nSPS) is 11.4. The lowest BCUT2D eigenvalue weighted by Gasteiger charge is -2.10. The number of hydrogen-bond donors (Lipinski definition) is 1. The van der Waals surface area contributed by atoms with Crippen molar-refractivity contribution in [3.05, 3.63) is 84.1 Å². The van der Waals surface area contributed by atoms with Gasteiger partial charge in [-0.2, -0.15) is 10.4 Å². The zero-order chi connectivity index (χ0) is 21.8. The Morgan fingerprint density at radius 2 is 1.69 bits per heavy atom. The molecule has 0 atom stereocenters. The highest BCUT2D eigenvalue weighted by Gasteiger charge is 2.22. The largest absolute Gasteiger partial charge is 0.383 e. The summed E-state index contributed by atoms with van der Waals surface area (Å²) in [5, 5.41) is 18.0. The zero-order valence-corrected chi connectivity index (χ0v) is 18.0. The first-order chi connectivity index (χ1) is 15.7. The van der Waals surface area contributed by atoms with Crippen LogP contribution in [0.3, 0.4) is 0 Å². The number of thiophene rings is 1. The second-order valence-electron chi connectivity index (χ2n) is 7.70. The van der Waals surface area contributed by atoms with Gasteiger partial charge in [-0.25, -0.2) is 9.67 Å². The van der Waals surface area contributed by atoms with Crippen molar-refractivity contribution in [1.82, 2.24) is 14.8 Å². The van der Waals surface area contributed by atoms with Crippen LogP contribution in [0.2, 0.25) is 0 Å². The summed E-state index contributed by atoms with van der Waals surface area (Å²) in [6.45, 7) is 1.95. The zero-order valence-electron chi connectivity index (χ0n) is 17.2. The van der Waals surface area contributed by atoms with Crippen LogP contribution in [0.5, 0.6) is 0 Å². The van der Waals surface area contributed by atoms with E-state index in [0.29, 0.717) is 11.2 Å². The Bertz CT molecular complexity index is 1700. The van der Waals surface area contributed by atoms with Crippen molar-refractivity contribution in [1.29, 1.82) is 5.26 Å². The number of nitrogen functional groups attached to an aromatic ring is 1. The molecule has 3 heterocycles. The van der Waals surface area contributed by atoms with Crippen LogP contribution in [0.1, 0.15) is 11.3 Å². The molecule has 6 rings (SSSR count). The highest BCUT2D eigenvalue weighted by molar-refractivity contribution is 7.25. The quantitative estimate of drug-likeness (QED) is 0.353. The summed E-state index contributed by atoms with van der Waals surface area (Å²) in [5.74, 6) is 0.211. The second-order valence-corrected chi connectivity index (χ2v) is 8.78. The van der Waals surface area contributed by atoms with Crippen LogP contribution in [-0.2, 0) is 0 Å². The lowest BCUT2D eigenvalue weighted by atomic mass is 9.95. The predicted molar refractivity (Wildman–Crippen MR) is 131 cm³/mol. The van der Waals surface area contributed by atoms with E-state index in [1.807, 2.05) is 37.3 Å². The summed E-state index contributed by atoms with van der Waals surface area (Å²) in [7, 11) is 0. The fourth-order valence-electron chi connectivity index (χ4n) is 4.37. The van der Waals surface area contributed by atoms with Crippen molar-refractivity contribution in [2.24, 2.45) is 0 Å². The Morgan fingerprint density at radius 3 is 2.50 bits per heavy atom. The number of benzene rings is 3. The molecule has 3 aromatic carbocycles. The lowest BCUT2D eigenvalue weighted by Crippen LogP contribution is -2.02. The molecule has 0 saturated heterocycles. The summed E-state index contributed by atoms with van der Waals surface area (Å²) in [6, 6.07) is 26.8. The molecule has 0 fully saturated rings. The van der Waals surface area contributed by atoms with Crippen LogP contribution in [0.25, 0.3) is 48.0 Å². The van der Waals surface area contributed by atoms with Crippen molar-refractivity contribution < 1.29 is 0 Å². The van der Waals surface area contributed by atoms with E-state index >= 15 is 0 Å². The van der Waals surface area contributed by atoms with Crippen molar-refractivity contribution in [2.75, 3.05) is 5.73 Å². The van der Waals surface area contributed by atoms with Crippen LogP contribution < -0.4 is 5.73 Å². The Kier molecular flexibility index (Phi) is 4.00. The van der Waals surface area contributed by atoms with Gasteiger partial charge in [0.2, 0.25) is 0 Å². The van der Waals surface area contributed by atoms with Crippen LogP contribution in [0, 0.1) is 18.3 Å². The van der Waals surface area contributed by atoms with Crippen molar-refractivity contribution in [2.45, 2.75) is 6.92 Å². The third kappa shape index (κ3) is 2.62. The van der Waals surface area contributed by atoms with Gasteiger partial charge in [0.05, 0.1) is 16.8 Å². The maximum absolute atomic E-state index is 9.98. The number of nitrogens with two attached hydrogens (primary N) is 1. The van der Waals surface area contributed by atoms with Gasteiger partial charge in [-0.1, -0.05) is 42.5 Å². The molecule has 0 saturated carbocycles. The Hall–Kier alpha value is -4.21. The standard InChI is InChI=1S/C26H17N5S/c1-15-23-24(16-11-12-22-19(13-16)18-9-5-6-10-21(18)32-22)20(14-27)25(28)29-26(23)31(30-15)17-7-3-2-4-8-17/h2-13H,1H3,(H2,28,29). The summed E-state index contributed by atoms with van der Waals surface area (Å²) in [5.41, 5.74) is 10.8. The molecule has 0 aliphatic carbocycles. The van der Waals surface area contributed by atoms with Gasteiger partial charge >= 0.3 is 0 Å². The van der Waals surface area contributed by atoms with Gasteiger partial charge in [-0.05, 0) is 42.8 Å². The van der Waals surface area contributed by atoms with E-state index in [-0.39, 0.29) is 5.82 Å². The molecule has 0 aliphatic heterocycles. The molecule has 6 heteroatoms. The topological polar surface area (TPSA) is 80.5 Å². The van der Waals surface area contributed by atoms with Gasteiger partial charge in [0, 0.05) is 25.7 Å². The molecular weight excluding hydrogens is 414 g/mol. The number of aryl methyl sites for hydroxylation is 1. The van der Waals surface area contributed by atoms with Crippen molar-refractivity contribution in [3.63, 3.8) is 0 Å². The number of para-hydroxylation sites is 1. The summed E-state index contributed by atoms with van der Waals surface area (Å²) >= 11 is 1.77. The second kappa shape index (κ2) is 6.91. The Morgan fingerprint density at radius 1 is 0.938 bits per heavy atom. The minimum atomic E-state index is 0.211. The molecule has 0 spiro atoms. The minimum absolute atomic E-state index is 0.211. The molecule has 0 aliphatic rings. The van der Waals surface area contributed by atoms with E-state index in [1.54, 1.807) is 16.0 Å². The SMILES string of the molecule is Cc1nn(-c2ccccc2)c2nc(N)c(C#N)c(-c3ccc4sc5ccccc5c4c3)c12. The van der Waals surface area contributed by atoms with Gasteiger partial charge in [0.15, 0.2) is 5.65 Å². The van der Waals surface area contributed by atoms with Gasteiger partial charge in [-0.3, -0.25) is 0 Å². The molecule has 2 N–H and O–H groups in total. The Balaban J connectivity index is 1.71.